The second kappa shape index (κ2) is 7.07. The predicted octanol–water partition coefficient (Wildman–Crippen LogP) is 3.18. The molecule has 0 atom stereocenters. The van der Waals surface area contributed by atoms with Crippen molar-refractivity contribution in [1.82, 2.24) is 14.7 Å². The van der Waals surface area contributed by atoms with E-state index in [9.17, 15) is 4.79 Å². The number of Topliss-reactive ketones (excluding diaryl/α,β-unsaturated/α-hetero) is 1. The van der Waals surface area contributed by atoms with Gasteiger partial charge in [-0.3, -0.25) is 9.48 Å². The van der Waals surface area contributed by atoms with E-state index in [-0.39, 0.29) is 12.2 Å². The minimum Gasteiger partial charge on any atom is -0.308 e. The van der Waals surface area contributed by atoms with Crippen LogP contribution in [-0.2, 0) is 13.0 Å². The van der Waals surface area contributed by atoms with E-state index in [4.69, 9.17) is 23.2 Å². The molecule has 0 unspecified atom stereocenters. The highest BCUT2D eigenvalue weighted by Crippen LogP contribution is 2.19. The summed E-state index contributed by atoms with van der Waals surface area (Å²) in [6.07, 6.45) is 1.77. The van der Waals surface area contributed by atoms with Gasteiger partial charge in [-0.25, -0.2) is 0 Å². The lowest BCUT2D eigenvalue weighted by Gasteiger charge is -2.11. The van der Waals surface area contributed by atoms with E-state index in [0.29, 0.717) is 22.3 Å². The molecule has 0 saturated carbocycles. The number of ketones is 1. The van der Waals surface area contributed by atoms with Crippen molar-refractivity contribution in [2.45, 2.75) is 13.0 Å². The largest absolute Gasteiger partial charge is 0.308 e. The highest BCUT2D eigenvalue weighted by atomic mass is 35.5. The average Bonchev–Trinajstić information content (AvgIpc) is 2.77. The van der Waals surface area contributed by atoms with Crippen molar-refractivity contribution in [3.63, 3.8) is 0 Å². The standard InChI is InChI=1S/C15H17Cl2N3O/c1-19(2)6-7-20-15(13(17)10-18-20)14(21)9-11-4-3-5-12(16)8-11/h3-5,8,10H,6-7,9H2,1-2H3. The molecule has 0 saturated heterocycles. The first-order valence-electron chi connectivity index (χ1n) is 6.61. The SMILES string of the molecule is CN(C)CCn1ncc(Cl)c1C(=O)Cc1cccc(Cl)c1. The first-order valence-corrected chi connectivity index (χ1v) is 7.36. The zero-order valence-electron chi connectivity index (χ0n) is 12.0. The maximum atomic E-state index is 12.5. The van der Waals surface area contributed by atoms with E-state index in [0.717, 1.165) is 12.1 Å². The highest BCUT2D eigenvalue weighted by molar-refractivity contribution is 6.33. The van der Waals surface area contributed by atoms with Crippen molar-refractivity contribution >= 4 is 29.0 Å². The van der Waals surface area contributed by atoms with Crippen LogP contribution in [0.2, 0.25) is 10.0 Å². The van der Waals surface area contributed by atoms with E-state index in [1.54, 1.807) is 16.8 Å². The molecule has 0 fully saturated rings. The first-order chi connectivity index (χ1) is 9.97. The fraction of sp³-hybridized carbons (Fsp3) is 0.333. The maximum Gasteiger partial charge on any atom is 0.186 e. The summed E-state index contributed by atoms with van der Waals surface area (Å²) < 4.78 is 1.66. The molecular formula is C15H17Cl2N3O. The topological polar surface area (TPSA) is 38.1 Å². The Hall–Kier alpha value is -1.36. The van der Waals surface area contributed by atoms with E-state index in [2.05, 4.69) is 5.10 Å². The van der Waals surface area contributed by atoms with Crippen LogP contribution in [0.25, 0.3) is 0 Å². The lowest BCUT2D eigenvalue weighted by atomic mass is 10.1. The number of halogens is 2. The van der Waals surface area contributed by atoms with E-state index >= 15 is 0 Å². The molecule has 1 aromatic carbocycles. The van der Waals surface area contributed by atoms with Gasteiger partial charge in [0.2, 0.25) is 0 Å². The summed E-state index contributed by atoms with van der Waals surface area (Å²) in [4.78, 5) is 14.5. The number of rotatable bonds is 6. The zero-order valence-corrected chi connectivity index (χ0v) is 13.5. The van der Waals surface area contributed by atoms with E-state index < -0.39 is 0 Å². The van der Waals surface area contributed by atoms with Gasteiger partial charge in [-0.05, 0) is 31.8 Å². The molecule has 0 amide bonds. The van der Waals surface area contributed by atoms with Crippen LogP contribution in [-0.4, -0.2) is 41.1 Å². The second-order valence-corrected chi connectivity index (χ2v) is 5.94. The molecule has 4 nitrogen and oxygen atoms in total. The normalized spacial score (nSPS) is 11.1. The molecule has 112 valence electrons. The molecule has 0 radical (unpaired) electrons. The third-order valence-corrected chi connectivity index (χ3v) is 3.58. The van der Waals surface area contributed by atoms with Crippen LogP contribution in [0.5, 0.6) is 0 Å². The summed E-state index contributed by atoms with van der Waals surface area (Å²) in [5, 5.41) is 5.19. The third kappa shape index (κ3) is 4.30. The summed E-state index contributed by atoms with van der Waals surface area (Å²) in [5.41, 5.74) is 1.32. The number of hydrogen-bond donors (Lipinski definition) is 0. The molecule has 2 rings (SSSR count). The Kier molecular flexibility index (Phi) is 5.39. The Labute approximate surface area is 134 Å². The second-order valence-electron chi connectivity index (χ2n) is 5.10. The Morgan fingerprint density at radius 3 is 2.76 bits per heavy atom. The van der Waals surface area contributed by atoms with E-state index in [1.807, 2.05) is 31.1 Å². The molecule has 0 aliphatic carbocycles. The maximum absolute atomic E-state index is 12.5. The van der Waals surface area contributed by atoms with Gasteiger partial charge in [0.25, 0.3) is 0 Å². The molecule has 1 aromatic heterocycles. The third-order valence-electron chi connectivity index (χ3n) is 3.07. The first kappa shape index (κ1) is 16.0. The Morgan fingerprint density at radius 1 is 1.33 bits per heavy atom. The number of carbonyl (C=O) groups excluding carboxylic acids is 1. The van der Waals surface area contributed by atoms with Gasteiger partial charge in [-0.1, -0.05) is 35.3 Å². The van der Waals surface area contributed by atoms with Crippen molar-refractivity contribution in [3.05, 3.63) is 51.8 Å². The van der Waals surface area contributed by atoms with Gasteiger partial charge in [0.1, 0.15) is 5.69 Å². The molecule has 0 spiro atoms. The minimum absolute atomic E-state index is 0.0569. The van der Waals surface area contributed by atoms with Gasteiger partial charge in [0, 0.05) is 18.0 Å². The molecular weight excluding hydrogens is 309 g/mol. The fourth-order valence-electron chi connectivity index (χ4n) is 2.02. The molecule has 21 heavy (non-hydrogen) atoms. The number of carbonyl (C=O) groups is 1. The molecule has 2 aromatic rings. The summed E-state index contributed by atoms with van der Waals surface area (Å²) in [5.74, 6) is -0.0569. The van der Waals surface area contributed by atoms with Gasteiger partial charge in [0.15, 0.2) is 5.78 Å². The van der Waals surface area contributed by atoms with Crippen LogP contribution in [0, 0.1) is 0 Å². The predicted molar refractivity (Wildman–Crippen MR) is 85.3 cm³/mol. The molecule has 0 bridgehead atoms. The smallest absolute Gasteiger partial charge is 0.186 e. The van der Waals surface area contributed by atoms with Crippen LogP contribution in [0.1, 0.15) is 16.1 Å². The zero-order chi connectivity index (χ0) is 15.4. The van der Waals surface area contributed by atoms with Crippen LogP contribution in [0.4, 0.5) is 0 Å². The van der Waals surface area contributed by atoms with Crippen LogP contribution >= 0.6 is 23.2 Å². The monoisotopic (exact) mass is 325 g/mol. The van der Waals surface area contributed by atoms with Crippen LogP contribution < -0.4 is 0 Å². The summed E-state index contributed by atoms with van der Waals surface area (Å²) >= 11 is 12.0. The Bertz CT molecular complexity index is 638. The lowest BCUT2D eigenvalue weighted by Crippen LogP contribution is -2.22. The summed E-state index contributed by atoms with van der Waals surface area (Å²) in [7, 11) is 3.94. The van der Waals surface area contributed by atoms with Gasteiger partial charge in [0.05, 0.1) is 17.8 Å². The molecule has 6 heteroatoms. The molecule has 1 heterocycles. The van der Waals surface area contributed by atoms with Crippen molar-refractivity contribution in [1.29, 1.82) is 0 Å². The van der Waals surface area contributed by atoms with Crippen LogP contribution in [0.3, 0.4) is 0 Å². The number of aromatic nitrogens is 2. The molecule has 0 N–H and O–H groups in total. The van der Waals surface area contributed by atoms with Gasteiger partial charge >= 0.3 is 0 Å². The Balaban J connectivity index is 2.17. The van der Waals surface area contributed by atoms with Crippen molar-refractivity contribution in [2.75, 3.05) is 20.6 Å². The van der Waals surface area contributed by atoms with E-state index in [1.165, 1.54) is 6.20 Å². The van der Waals surface area contributed by atoms with Crippen molar-refractivity contribution in [3.8, 4) is 0 Å². The average molecular weight is 326 g/mol. The highest BCUT2D eigenvalue weighted by Gasteiger charge is 2.18. The van der Waals surface area contributed by atoms with Crippen molar-refractivity contribution < 1.29 is 4.79 Å². The summed E-state index contributed by atoms with van der Waals surface area (Å²) in [6, 6.07) is 7.27. The van der Waals surface area contributed by atoms with Gasteiger partial charge < -0.3 is 4.90 Å². The van der Waals surface area contributed by atoms with Crippen LogP contribution in [0.15, 0.2) is 30.5 Å². The number of nitrogens with zero attached hydrogens (tertiary/aromatic N) is 3. The minimum atomic E-state index is -0.0569. The van der Waals surface area contributed by atoms with Gasteiger partial charge in [-0.15, -0.1) is 0 Å². The Morgan fingerprint density at radius 2 is 2.10 bits per heavy atom. The quantitative estimate of drug-likeness (QED) is 0.765. The van der Waals surface area contributed by atoms with Crippen molar-refractivity contribution in [2.24, 2.45) is 0 Å². The number of hydrogen-bond acceptors (Lipinski definition) is 3. The lowest BCUT2D eigenvalue weighted by molar-refractivity contribution is 0.0982. The number of likely N-dealkylation sites (N-methyl/N-ethyl adjacent to an activating group) is 1. The molecule has 0 aliphatic heterocycles. The fourth-order valence-corrected chi connectivity index (χ4v) is 2.48. The molecule has 0 aliphatic rings. The number of benzene rings is 1. The summed E-state index contributed by atoms with van der Waals surface area (Å²) in [6.45, 7) is 1.41. The van der Waals surface area contributed by atoms with Gasteiger partial charge in [-0.2, -0.15) is 5.10 Å².